The molecule has 0 atom stereocenters. The molecule has 188 valence electrons. The van der Waals surface area contributed by atoms with Gasteiger partial charge in [-0.1, -0.05) is 90.1 Å². The molecule has 0 aliphatic carbocycles. The van der Waals surface area contributed by atoms with E-state index in [0.717, 1.165) is 34.7 Å². The van der Waals surface area contributed by atoms with Crippen molar-refractivity contribution in [1.82, 2.24) is 4.90 Å². The normalized spacial score (nSPS) is 15.8. The van der Waals surface area contributed by atoms with E-state index in [1.54, 1.807) is 0 Å². The summed E-state index contributed by atoms with van der Waals surface area (Å²) in [6, 6.07) is 32.2. The van der Waals surface area contributed by atoms with E-state index in [4.69, 9.17) is 0 Å². The molecule has 2 aliphatic rings. The summed E-state index contributed by atoms with van der Waals surface area (Å²) in [5.41, 5.74) is 7.32. The van der Waals surface area contributed by atoms with Gasteiger partial charge in [0.25, 0.3) is 11.8 Å². The van der Waals surface area contributed by atoms with Crippen LogP contribution in [-0.2, 0) is 24.3 Å². The molecule has 4 aromatic rings. The average molecular weight is 517 g/mol. The zero-order chi connectivity index (χ0) is 26.1. The van der Waals surface area contributed by atoms with Crippen LogP contribution in [0.25, 0.3) is 6.08 Å². The molecule has 6 rings (SSSR count). The fourth-order valence-corrected chi connectivity index (χ4v) is 6.20. The molecule has 0 bridgehead atoms. The van der Waals surface area contributed by atoms with E-state index in [1.807, 2.05) is 70.5 Å². The minimum atomic E-state index is -0.0117. The highest BCUT2D eigenvalue weighted by Gasteiger charge is 2.29. The number of hydrogen-bond acceptors (Lipinski definition) is 3. The van der Waals surface area contributed by atoms with E-state index < -0.39 is 0 Å². The maximum absolute atomic E-state index is 13.6. The Kier molecular flexibility index (Phi) is 6.61. The highest BCUT2D eigenvalue weighted by Crippen LogP contribution is 2.42. The van der Waals surface area contributed by atoms with Gasteiger partial charge in [0.05, 0.1) is 17.1 Å². The van der Waals surface area contributed by atoms with Crippen LogP contribution in [0.5, 0.6) is 0 Å². The van der Waals surface area contributed by atoms with Crippen LogP contribution in [0.4, 0.5) is 5.69 Å². The van der Waals surface area contributed by atoms with Crippen LogP contribution < -0.4 is 4.90 Å². The van der Waals surface area contributed by atoms with Crippen LogP contribution in [0.15, 0.2) is 107 Å². The van der Waals surface area contributed by atoms with E-state index in [9.17, 15) is 9.59 Å². The van der Waals surface area contributed by atoms with Crippen molar-refractivity contribution in [2.45, 2.75) is 31.3 Å². The fourth-order valence-electron chi connectivity index (χ4n) is 5.14. The second-order valence-corrected chi connectivity index (χ2v) is 10.9. The first-order valence-electron chi connectivity index (χ1n) is 12.9. The van der Waals surface area contributed by atoms with Crippen LogP contribution >= 0.6 is 11.8 Å². The summed E-state index contributed by atoms with van der Waals surface area (Å²) in [5, 5.41) is 0. The molecule has 0 aromatic heterocycles. The third-order valence-corrected chi connectivity index (χ3v) is 8.21. The molecule has 2 heterocycles. The maximum atomic E-state index is 13.6. The van der Waals surface area contributed by atoms with Crippen molar-refractivity contribution < 1.29 is 9.59 Å². The molecule has 0 saturated heterocycles. The van der Waals surface area contributed by atoms with Crippen molar-refractivity contribution in [3.8, 4) is 0 Å². The monoisotopic (exact) mass is 516 g/mol. The summed E-state index contributed by atoms with van der Waals surface area (Å²) >= 11 is 1.50. The number of carbonyl (C=O) groups excluding carboxylic acids is 2. The predicted octanol–water partition coefficient (Wildman–Crippen LogP) is 6.87. The molecule has 0 fully saturated rings. The number of anilines is 1. The van der Waals surface area contributed by atoms with Gasteiger partial charge in [-0.2, -0.15) is 0 Å². The van der Waals surface area contributed by atoms with Crippen molar-refractivity contribution in [2.75, 3.05) is 11.4 Å². The Morgan fingerprint density at radius 1 is 0.895 bits per heavy atom. The number of rotatable bonds is 4. The van der Waals surface area contributed by atoms with Gasteiger partial charge in [-0.3, -0.25) is 9.59 Å². The van der Waals surface area contributed by atoms with Crippen molar-refractivity contribution in [3.63, 3.8) is 0 Å². The fraction of sp³-hybridized carbons (Fsp3) is 0.152. The van der Waals surface area contributed by atoms with E-state index in [2.05, 4.69) is 49.4 Å². The molecule has 38 heavy (non-hydrogen) atoms. The maximum Gasteiger partial charge on any atom is 0.265 e. The van der Waals surface area contributed by atoms with Gasteiger partial charge in [-0.15, -0.1) is 0 Å². The second-order valence-electron chi connectivity index (χ2n) is 9.83. The zero-order valence-electron chi connectivity index (χ0n) is 21.3. The van der Waals surface area contributed by atoms with Crippen LogP contribution in [0, 0.1) is 6.92 Å². The molecule has 5 heteroatoms. The molecular weight excluding hydrogens is 488 g/mol. The van der Waals surface area contributed by atoms with Gasteiger partial charge in [0.1, 0.15) is 0 Å². The van der Waals surface area contributed by atoms with Crippen LogP contribution in [0.3, 0.4) is 0 Å². The third kappa shape index (κ3) is 4.90. The van der Waals surface area contributed by atoms with E-state index >= 15 is 0 Å². The number of fused-ring (bicyclic) bond motifs is 2. The first-order valence-corrected chi connectivity index (χ1v) is 13.7. The number of hydrogen-bond donors (Lipinski definition) is 0. The number of thioether (sulfide) groups is 1. The molecule has 4 nitrogen and oxygen atoms in total. The summed E-state index contributed by atoms with van der Waals surface area (Å²) < 4.78 is 0. The predicted molar refractivity (Wildman–Crippen MR) is 154 cm³/mol. The molecule has 4 aromatic carbocycles. The smallest absolute Gasteiger partial charge is 0.265 e. The van der Waals surface area contributed by atoms with Crippen LogP contribution in [-0.4, -0.2) is 23.3 Å². The minimum Gasteiger partial charge on any atom is -0.334 e. The lowest BCUT2D eigenvalue weighted by molar-refractivity contribution is -0.114. The highest BCUT2D eigenvalue weighted by molar-refractivity contribution is 8.04. The Morgan fingerprint density at radius 3 is 2.47 bits per heavy atom. The number of aryl methyl sites for hydroxylation is 1. The molecule has 0 unspecified atom stereocenters. The molecule has 2 aliphatic heterocycles. The summed E-state index contributed by atoms with van der Waals surface area (Å²) in [5.74, 6) is 0.0300. The van der Waals surface area contributed by atoms with Gasteiger partial charge in [0.15, 0.2) is 0 Å². The summed E-state index contributed by atoms with van der Waals surface area (Å²) in [6.45, 7) is 3.95. The molecular formula is C33H28N2O2S. The Morgan fingerprint density at radius 2 is 1.66 bits per heavy atom. The lowest BCUT2D eigenvalue weighted by Crippen LogP contribution is -2.35. The largest absolute Gasteiger partial charge is 0.334 e. The van der Waals surface area contributed by atoms with Crippen molar-refractivity contribution in [1.29, 1.82) is 0 Å². The molecule has 0 spiro atoms. The second kappa shape index (κ2) is 10.3. The van der Waals surface area contributed by atoms with E-state index in [-0.39, 0.29) is 11.8 Å². The summed E-state index contributed by atoms with van der Waals surface area (Å²) in [4.78, 5) is 32.3. The van der Waals surface area contributed by atoms with Crippen LogP contribution in [0.1, 0.15) is 38.2 Å². The van der Waals surface area contributed by atoms with Crippen LogP contribution in [0.2, 0.25) is 0 Å². The number of para-hydroxylation sites is 1. The van der Waals surface area contributed by atoms with Gasteiger partial charge < -0.3 is 9.80 Å². The summed E-state index contributed by atoms with van der Waals surface area (Å²) in [6.07, 6.45) is 2.81. The lowest BCUT2D eigenvalue weighted by Gasteiger charge is -2.30. The van der Waals surface area contributed by atoms with Gasteiger partial charge in [-0.25, -0.2) is 0 Å². The first kappa shape index (κ1) is 24.3. The molecule has 2 amide bonds. The number of nitrogens with zero attached hydrogens (tertiary/aromatic N) is 2. The highest BCUT2D eigenvalue weighted by atomic mass is 32.2. The number of carbonyl (C=O) groups is 2. The van der Waals surface area contributed by atoms with Gasteiger partial charge in [0.2, 0.25) is 0 Å². The van der Waals surface area contributed by atoms with Crippen molar-refractivity contribution >= 4 is 35.3 Å². The summed E-state index contributed by atoms with van der Waals surface area (Å²) in [7, 11) is 0. The van der Waals surface area contributed by atoms with Crippen molar-refractivity contribution in [2.24, 2.45) is 0 Å². The SMILES string of the molecule is Cc1cccc(CN2C(=O)/C(=C\c3ccc(C(=O)N4CCc5ccccc5C4)cc3)Sc3ccccc32)c1. The van der Waals surface area contributed by atoms with Gasteiger partial charge in [-0.05, 0) is 65.9 Å². The first-order chi connectivity index (χ1) is 18.5. The third-order valence-electron chi connectivity index (χ3n) is 7.13. The molecule has 0 radical (unpaired) electrons. The Balaban J connectivity index is 1.23. The molecule has 0 N–H and O–H groups in total. The quantitative estimate of drug-likeness (QED) is 0.278. The standard InChI is InChI=1S/C33H28N2O2S/c1-23-7-6-8-25(19-23)21-35-29-11-4-5-12-30(29)38-31(33(35)37)20-24-13-15-27(16-14-24)32(36)34-18-17-26-9-2-3-10-28(26)22-34/h2-16,19-20H,17-18,21-22H2,1H3/b31-20+. The zero-order valence-corrected chi connectivity index (χ0v) is 22.1. The lowest BCUT2D eigenvalue weighted by atomic mass is 9.99. The number of benzene rings is 4. The van der Waals surface area contributed by atoms with Crippen molar-refractivity contribution in [3.05, 3.63) is 135 Å². The molecule has 0 saturated carbocycles. The van der Waals surface area contributed by atoms with Gasteiger partial charge >= 0.3 is 0 Å². The van der Waals surface area contributed by atoms with E-state index in [0.29, 0.717) is 23.6 Å². The van der Waals surface area contributed by atoms with Gasteiger partial charge in [0, 0.05) is 23.5 Å². The van der Waals surface area contributed by atoms with E-state index in [1.165, 1.54) is 28.5 Å². The minimum absolute atomic E-state index is 0.0117. The average Bonchev–Trinajstić information content (AvgIpc) is 2.95. The Labute approximate surface area is 227 Å². The Bertz CT molecular complexity index is 1560. The Hall–Kier alpha value is -4.09. The topological polar surface area (TPSA) is 40.6 Å². The number of amides is 2.